The van der Waals surface area contributed by atoms with Crippen LogP contribution in [0.25, 0.3) is 22.2 Å². The summed E-state index contributed by atoms with van der Waals surface area (Å²) in [6.07, 6.45) is 4.26. The lowest BCUT2D eigenvalue weighted by Crippen LogP contribution is -2.07. The molecule has 2 aromatic carbocycles. The minimum atomic E-state index is -0.177. The lowest BCUT2D eigenvalue weighted by atomic mass is 9.99. The van der Waals surface area contributed by atoms with Crippen LogP contribution < -0.4 is 16.6 Å². The number of nitrogens with two attached hydrogens (primary N) is 1. The quantitative estimate of drug-likeness (QED) is 0.489. The zero-order chi connectivity index (χ0) is 20.1. The molecule has 0 saturated carbocycles. The average molecular weight is 386 g/mol. The molecule has 3 heterocycles. The maximum Gasteiger partial charge on any atom is 0.258 e. The second kappa shape index (κ2) is 8.62. The number of nitrogen functional groups attached to an aromatic ring is 1. The Morgan fingerprint density at radius 1 is 1.03 bits per heavy atom. The van der Waals surface area contributed by atoms with Crippen LogP contribution in [0.15, 0.2) is 71.9 Å². The molecule has 7 heteroatoms. The number of nitrogens with one attached hydrogen (secondary N) is 2. The van der Waals surface area contributed by atoms with Crippen molar-refractivity contribution in [2.45, 2.75) is 12.3 Å². The van der Waals surface area contributed by atoms with Crippen LogP contribution in [0, 0.1) is 0 Å². The molecular weight excluding hydrogens is 364 g/mol. The van der Waals surface area contributed by atoms with Gasteiger partial charge in [0, 0.05) is 18.3 Å². The standard InChI is InChI=1S/C12H9N5O.C10H13N/c13-12-14-4-3-9(17-12)7-1-2-10-8(5-7)11(18)16-6-15-10;1-2-4-9(5-3-1)10-6-7-11-8-10/h1-6H,(H2,13,14,17)(H,15,16,18);1-5,10-11H,6-8H2. The van der Waals surface area contributed by atoms with Gasteiger partial charge in [0.2, 0.25) is 5.95 Å². The molecule has 0 amide bonds. The highest BCUT2D eigenvalue weighted by Crippen LogP contribution is 2.21. The summed E-state index contributed by atoms with van der Waals surface area (Å²) in [6.45, 7) is 2.34. The SMILES string of the molecule is Nc1nccc(-c2ccc3nc[nH]c(=O)c3c2)n1.c1ccc(C2CCNC2)cc1. The van der Waals surface area contributed by atoms with E-state index in [0.717, 1.165) is 18.0 Å². The molecule has 0 bridgehead atoms. The second-order valence-corrected chi connectivity index (χ2v) is 6.86. The Balaban J connectivity index is 0.000000159. The van der Waals surface area contributed by atoms with Gasteiger partial charge in [-0.2, -0.15) is 0 Å². The average Bonchev–Trinajstić information content (AvgIpc) is 3.30. The van der Waals surface area contributed by atoms with Crippen molar-refractivity contribution in [1.82, 2.24) is 25.3 Å². The van der Waals surface area contributed by atoms with Crippen molar-refractivity contribution in [3.05, 3.63) is 83.0 Å². The molecule has 4 aromatic rings. The Morgan fingerprint density at radius 2 is 1.90 bits per heavy atom. The van der Waals surface area contributed by atoms with Crippen LogP contribution in [-0.2, 0) is 0 Å². The number of benzene rings is 2. The molecule has 2 aromatic heterocycles. The van der Waals surface area contributed by atoms with Gasteiger partial charge in [-0.15, -0.1) is 0 Å². The molecule has 146 valence electrons. The minimum Gasteiger partial charge on any atom is -0.368 e. The number of hydrogen-bond acceptors (Lipinski definition) is 6. The summed E-state index contributed by atoms with van der Waals surface area (Å²) in [5.41, 5.74) is 8.96. The topological polar surface area (TPSA) is 110 Å². The number of hydrogen-bond donors (Lipinski definition) is 3. The summed E-state index contributed by atoms with van der Waals surface area (Å²) in [6, 6.07) is 17.8. The van der Waals surface area contributed by atoms with Crippen LogP contribution in [0.3, 0.4) is 0 Å². The van der Waals surface area contributed by atoms with Gasteiger partial charge < -0.3 is 16.0 Å². The first kappa shape index (κ1) is 18.8. The molecule has 1 aliphatic rings. The van der Waals surface area contributed by atoms with E-state index in [9.17, 15) is 4.79 Å². The van der Waals surface area contributed by atoms with Crippen LogP contribution in [0.1, 0.15) is 17.9 Å². The van der Waals surface area contributed by atoms with E-state index in [2.05, 4.69) is 55.6 Å². The van der Waals surface area contributed by atoms with Crippen molar-refractivity contribution in [2.75, 3.05) is 18.8 Å². The van der Waals surface area contributed by atoms with Gasteiger partial charge in [-0.05, 0) is 42.6 Å². The first-order valence-corrected chi connectivity index (χ1v) is 9.53. The molecular formula is C22H22N6O. The van der Waals surface area contributed by atoms with Crippen LogP contribution in [0.5, 0.6) is 0 Å². The Morgan fingerprint density at radius 3 is 2.66 bits per heavy atom. The van der Waals surface area contributed by atoms with E-state index in [1.165, 1.54) is 24.9 Å². The van der Waals surface area contributed by atoms with Gasteiger partial charge in [-0.25, -0.2) is 15.0 Å². The van der Waals surface area contributed by atoms with E-state index in [-0.39, 0.29) is 11.5 Å². The normalized spacial score (nSPS) is 15.7. The highest BCUT2D eigenvalue weighted by molar-refractivity contribution is 5.82. The van der Waals surface area contributed by atoms with E-state index in [1.807, 2.05) is 6.07 Å². The molecule has 7 nitrogen and oxygen atoms in total. The van der Waals surface area contributed by atoms with E-state index >= 15 is 0 Å². The number of rotatable bonds is 2. The monoisotopic (exact) mass is 386 g/mol. The molecule has 1 unspecified atom stereocenters. The molecule has 1 fully saturated rings. The highest BCUT2D eigenvalue weighted by Gasteiger charge is 2.15. The zero-order valence-electron chi connectivity index (χ0n) is 15.9. The molecule has 5 rings (SSSR count). The molecule has 0 spiro atoms. The summed E-state index contributed by atoms with van der Waals surface area (Å²) in [5, 5.41) is 3.89. The molecule has 1 atom stereocenters. The van der Waals surface area contributed by atoms with Crippen molar-refractivity contribution in [2.24, 2.45) is 0 Å². The first-order valence-electron chi connectivity index (χ1n) is 9.53. The third-order valence-electron chi connectivity index (χ3n) is 4.94. The second-order valence-electron chi connectivity index (χ2n) is 6.86. The summed E-state index contributed by atoms with van der Waals surface area (Å²) in [5.74, 6) is 0.962. The summed E-state index contributed by atoms with van der Waals surface area (Å²) >= 11 is 0. The molecule has 1 saturated heterocycles. The Kier molecular flexibility index (Phi) is 5.58. The number of fused-ring (bicyclic) bond motifs is 1. The largest absolute Gasteiger partial charge is 0.368 e. The molecule has 0 aliphatic carbocycles. The molecule has 29 heavy (non-hydrogen) atoms. The maximum absolute atomic E-state index is 11.7. The Hall–Kier alpha value is -3.58. The third kappa shape index (κ3) is 4.47. The van der Waals surface area contributed by atoms with Crippen LogP contribution in [0.4, 0.5) is 5.95 Å². The van der Waals surface area contributed by atoms with Gasteiger partial charge in [0.05, 0.1) is 22.9 Å². The van der Waals surface area contributed by atoms with Crippen molar-refractivity contribution >= 4 is 16.9 Å². The number of aromatic amines is 1. The molecule has 1 aliphatic heterocycles. The fourth-order valence-electron chi connectivity index (χ4n) is 3.43. The van der Waals surface area contributed by atoms with E-state index in [1.54, 1.807) is 24.4 Å². The van der Waals surface area contributed by atoms with Crippen LogP contribution in [0.2, 0.25) is 0 Å². The highest BCUT2D eigenvalue weighted by atomic mass is 16.1. The fraction of sp³-hybridized carbons (Fsp3) is 0.182. The van der Waals surface area contributed by atoms with Crippen molar-refractivity contribution < 1.29 is 0 Å². The fourth-order valence-corrected chi connectivity index (χ4v) is 3.43. The van der Waals surface area contributed by atoms with Gasteiger partial charge >= 0.3 is 0 Å². The third-order valence-corrected chi connectivity index (χ3v) is 4.94. The minimum absolute atomic E-state index is 0.177. The predicted octanol–water partition coefficient (Wildman–Crippen LogP) is 2.73. The van der Waals surface area contributed by atoms with Crippen molar-refractivity contribution in [1.29, 1.82) is 0 Å². The lowest BCUT2D eigenvalue weighted by Gasteiger charge is -2.06. The summed E-state index contributed by atoms with van der Waals surface area (Å²) in [4.78, 5) is 26.2. The van der Waals surface area contributed by atoms with Gasteiger partial charge in [0.15, 0.2) is 0 Å². The summed E-state index contributed by atoms with van der Waals surface area (Å²) < 4.78 is 0. The number of aromatic nitrogens is 4. The lowest BCUT2D eigenvalue weighted by molar-refractivity contribution is 0.763. The van der Waals surface area contributed by atoms with Crippen LogP contribution >= 0.6 is 0 Å². The Labute approximate surface area is 168 Å². The number of anilines is 1. The zero-order valence-corrected chi connectivity index (χ0v) is 15.9. The van der Waals surface area contributed by atoms with Gasteiger partial charge in [-0.3, -0.25) is 4.79 Å². The van der Waals surface area contributed by atoms with E-state index in [0.29, 0.717) is 16.6 Å². The molecule has 0 radical (unpaired) electrons. The van der Waals surface area contributed by atoms with Gasteiger partial charge in [-0.1, -0.05) is 36.4 Å². The summed E-state index contributed by atoms with van der Waals surface area (Å²) in [7, 11) is 0. The van der Waals surface area contributed by atoms with Crippen molar-refractivity contribution in [3.8, 4) is 11.3 Å². The molecule has 4 N–H and O–H groups in total. The number of H-pyrrole nitrogens is 1. The van der Waals surface area contributed by atoms with Crippen molar-refractivity contribution in [3.63, 3.8) is 0 Å². The Bertz CT molecular complexity index is 1150. The smallest absolute Gasteiger partial charge is 0.258 e. The van der Waals surface area contributed by atoms with Gasteiger partial charge in [0.1, 0.15) is 0 Å². The maximum atomic E-state index is 11.7. The van der Waals surface area contributed by atoms with E-state index in [4.69, 9.17) is 5.73 Å². The van der Waals surface area contributed by atoms with Crippen LogP contribution in [-0.4, -0.2) is 33.0 Å². The number of nitrogens with zero attached hydrogens (tertiary/aromatic N) is 3. The van der Waals surface area contributed by atoms with Gasteiger partial charge in [0.25, 0.3) is 5.56 Å². The first-order chi connectivity index (χ1) is 14.2. The van der Waals surface area contributed by atoms with E-state index < -0.39 is 0 Å². The predicted molar refractivity (Wildman–Crippen MR) is 114 cm³/mol.